The SMILES string of the molecule is Br.CC(C)[CH2][Sn]([CH3])[CH3]. The maximum absolute atomic E-state index is 2.46. The third-order valence-electron chi connectivity index (χ3n) is 0.816. The van der Waals surface area contributed by atoms with Gasteiger partial charge in [0.25, 0.3) is 0 Å². The van der Waals surface area contributed by atoms with Gasteiger partial charge in [0.05, 0.1) is 0 Å². The molecule has 0 spiro atoms. The Balaban J connectivity index is 0. The van der Waals surface area contributed by atoms with Gasteiger partial charge in [0.2, 0.25) is 0 Å². The first-order valence-corrected chi connectivity index (χ1v) is 10.6. The molecule has 0 bridgehead atoms. The normalized spacial score (nSPS) is 9.75. The number of hydrogen-bond donors (Lipinski definition) is 0. The fourth-order valence-corrected chi connectivity index (χ4v) is 5.48. The second-order valence-corrected chi connectivity index (χ2v) is 10.9. The summed E-state index contributed by atoms with van der Waals surface area (Å²) in [5.41, 5.74) is 0. The van der Waals surface area contributed by atoms with Crippen LogP contribution in [0.5, 0.6) is 0 Å². The van der Waals surface area contributed by atoms with Gasteiger partial charge in [-0.1, -0.05) is 0 Å². The summed E-state index contributed by atoms with van der Waals surface area (Å²) in [6.07, 6.45) is 0. The van der Waals surface area contributed by atoms with E-state index in [1.807, 2.05) is 0 Å². The van der Waals surface area contributed by atoms with E-state index >= 15 is 0 Å². The zero-order chi connectivity index (χ0) is 5.86. The van der Waals surface area contributed by atoms with Crippen molar-refractivity contribution in [2.24, 2.45) is 5.92 Å². The van der Waals surface area contributed by atoms with Crippen LogP contribution in [-0.2, 0) is 0 Å². The van der Waals surface area contributed by atoms with Crippen LogP contribution in [0.25, 0.3) is 0 Å². The average molecular weight is 287 g/mol. The fourth-order valence-electron chi connectivity index (χ4n) is 0.816. The Morgan fingerprint density at radius 2 is 1.62 bits per heavy atom. The molecule has 0 aromatic rings. The molecule has 1 radical (unpaired) electrons. The Morgan fingerprint density at radius 3 is 1.62 bits per heavy atom. The first-order chi connectivity index (χ1) is 3.13. The van der Waals surface area contributed by atoms with E-state index in [0.29, 0.717) is 0 Å². The van der Waals surface area contributed by atoms with E-state index in [-0.39, 0.29) is 17.0 Å². The quantitative estimate of drug-likeness (QED) is 0.685. The van der Waals surface area contributed by atoms with Crippen molar-refractivity contribution in [3.05, 3.63) is 0 Å². The Morgan fingerprint density at radius 1 is 1.25 bits per heavy atom. The Kier molecular flexibility index (Phi) is 9.60. The minimum absolute atomic E-state index is 0. The van der Waals surface area contributed by atoms with Gasteiger partial charge in [-0.2, -0.15) is 0 Å². The molecule has 0 aromatic heterocycles. The first kappa shape index (κ1) is 12.0. The van der Waals surface area contributed by atoms with Gasteiger partial charge in [-0.15, -0.1) is 17.0 Å². The molecule has 0 fully saturated rings. The van der Waals surface area contributed by atoms with Gasteiger partial charge in [0, 0.05) is 0 Å². The molecule has 0 heterocycles. The molecule has 0 aliphatic heterocycles. The summed E-state index contributed by atoms with van der Waals surface area (Å²) in [6, 6.07) is 0. The monoisotopic (exact) mass is 287 g/mol. The van der Waals surface area contributed by atoms with Crippen LogP contribution in [0.15, 0.2) is 0 Å². The molecule has 0 saturated carbocycles. The van der Waals surface area contributed by atoms with E-state index in [4.69, 9.17) is 0 Å². The molecule has 0 nitrogen and oxygen atoms in total. The van der Waals surface area contributed by atoms with Crippen molar-refractivity contribution >= 4 is 36.7 Å². The summed E-state index contributed by atoms with van der Waals surface area (Å²) >= 11 is -0.687. The zero-order valence-electron chi connectivity index (χ0n) is 6.19. The molecule has 0 N–H and O–H groups in total. The fraction of sp³-hybridized carbons (Fsp3) is 1.00. The van der Waals surface area contributed by atoms with Crippen LogP contribution < -0.4 is 0 Å². The molecule has 51 valence electrons. The molecule has 0 unspecified atom stereocenters. The summed E-state index contributed by atoms with van der Waals surface area (Å²) in [6.45, 7) is 4.63. The van der Waals surface area contributed by atoms with E-state index < -0.39 is 19.8 Å². The van der Waals surface area contributed by atoms with Crippen molar-refractivity contribution in [1.29, 1.82) is 0 Å². The van der Waals surface area contributed by atoms with Crippen molar-refractivity contribution in [1.82, 2.24) is 0 Å². The van der Waals surface area contributed by atoms with E-state index in [2.05, 4.69) is 23.7 Å². The van der Waals surface area contributed by atoms with Gasteiger partial charge >= 0.3 is 53.8 Å². The molecule has 0 aliphatic carbocycles. The minimum atomic E-state index is -0.687. The van der Waals surface area contributed by atoms with Gasteiger partial charge < -0.3 is 0 Å². The first-order valence-electron chi connectivity index (χ1n) is 2.92. The zero-order valence-corrected chi connectivity index (χ0v) is 10.8. The second-order valence-electron chi connectivity index (χ2n) is 2.81. The van der Waals surface area contributed by atoms with Gasteiger partial charge in [-0.25, -0.2) is 0 Å². The molecular formula is C6H16BrSn. The Labute approximate surface area is 70.6 Å². The topological polar surface area (TPSA) is 0 Å². The van der Waals surface area contributed by atoms with Crippen molar-refractivity contribution in [2.75, 3.05) is 0 Å². The maximum atomic E-state index is 2.46. The van der Waals surface area contributed by atoms with E-state index in [1.165, 1.54) is 0 Å². The van der Waals surface area contributed by atoms with Crippen molar-refractivity contribution in [3.8, 4) is 0 Å². The number of rotatable bonds is 2. The van der Waals surface area contributed by atoms with Crippen LogP contribution in [0.2, 0.25) is 14.3 Å². The molecule has 2 heteroatoms. The van der Waals surface area contributed by atoms with Gasteiger partial charge in [0.15, 0.2) is 0 Å². The van der Waals surface area contributed by atoms with Crippen molar-refractivity contribution < 1.29 is 0 Å². The Bertz CT molecular complexity index is 37.8. The Hall–Kier alpha value is 1.28. The summed E-state index contributed by atoms with van der Waals surface area (Å²) in [4.78, 5) is 4.92. The van der Waals surface area contributed by atoms with Crippen LogP contribution in [-0.4, -0.2) is 19.8 Å². The van der Waals surface area contributed by atoms with Crippen molar-refractivity contribution in [2.45, 2.75) is 28.2 Å². The molecule has 0 amide bonds. The summed E-state index contributed by atoms with van der Waals surface area (Å²) in [5.74, 6) is 0.962. The standard InChI is InChI=1S/C4H9.2CH3.BrH.Sn/c1-4(2)3;;;;/h4H,1H2,2-3H3;2*1H3;1H;. The third kappa shape index (κ3) is 10.3. The summed E-state index contributed by atoms with van der Waals surface area (Å²) < 4.78 is 1.56. The van der Waals surface area contributed by atoms with Crippen LogP contribution in [0, 0.1) is 5.92 Å². The molecule has 0 saturated heterocycles. The average Bonchev–Trinajstić information content (AvgIpc) is 1.27. The number of halogens is 1. The predicted octanol–water partition coefficient (Wildman–Crippen LogP) is 2.97. The van der Waals surface area contributed by atoms with E-state index in [0.717, 1.165) is 5.92 Å². The van der Waals surface area contributed by atoms with Crippen LogP contribution in [0.1, 0.15) is 13.8 Å². The van der Waals surface area contributed by atoms with E-state index in [1.54, 1.807) is 4.44 Å². The third-order valence-corrected chi connectivity index (χ3v) is 5.48. The van der Waals surface area contributed by atoms with Crippen molar-refractivity contribution in [3.63, 3.8) is 0 Å². The van der Waals surface area contributed by atoms with Crippen LogP contribution in [0.3, 0.4) is 0 Å². The second kappa shape index (κ2) is 6.40. The molecule has 0 aliphatic rings. The molecular weight excluding hydrogens is 271 g/mol. The molecule has 8 heavy (non-hydrogen) atoms. The molecule has 0 atom stereocenters. The van der Waals surface area contributed by atoms with Gasteiger partial charge in [-0.3, -0.25) is 0 Å². The predicted molar refractivity (Wildman–Crippen MR) is 47.4 cm³/mol. The van der Waals surface area contributed by atoms with Crippen LogP contribution in [0.4, 0.5) is 0 Å². The molecule has 0 aromatic carbocycles. The number of hydrogen-bond acceptors (Lipinski definition) is 0. The van der Waals surface area contributed by atoms with Gasteiger partial charge in [-0.05, 0) is 0 Å². The summed E-state index contributed by atoms with van der Waals surface area (Å²) in [7, 11) is 0. The van der Waals surface area contributed by atoms with E-state index in [9.17, 15) is 0 Å². The summed E-state index contributed by atoms with van der Waals surface area (Å²) in [5, 5.41) is 0. The van der Waals surface area contributed by atoms with Gasteiger partial charge in [0.1, 0.15) is 0 Å². The van der Waals surface area contributed by atoms with Crippen LogP contribution >= 0.6 is 17.0 Å². The molecule has 0 rings (SSSR count).